The minimum Gasteiger partial charge on any atom is -0.271 e. The molecule has 2 N–H and O–H groups in total. The van der Waals surface area contributed by atoms with Gasteiger partial charge >= 0.3 is 5.69 Å². The number of hydrogen-bond acceptors (Lipinski definition) is 5. The van der Waals surface area contributed by atoms with Crippen molar-refractivity contribution in [2.75, 3.05) is 0 Å². The number of aromatic nitrogens is 3. The normalized spacial score (nSPS) is 10.2. The van der Waals surface area contributed by atoms with E-state index in [4.69, 9.17) is 0 Å². The molecule has 1 aromatic heterocycles. The van der Waals surface area contributed by atoms with Crippen molar-refractivity contribution in [2.45, 2.75) is 6.42 Å². The summed E-state index contributed by atoms with van der Waals surface area (Å²) in [7, 11) is 0. The van der Waals surface area contributed by atoms with Gasteiger partial charge in [-0.2, -0.15) is 5.10 Å². The van der Waals surface area contributed by atoms with E-state index in [0.717, 1.165) is 0 Å². The van der Waals surface area contributed by atoms with Gasteiger partial charge in [0.1, 0.15) is 5.69 Å². The van der Waals surface area contributed by atoms with Gasteiger partial charge in [-0.1, -0.05) is 18.2 Å². The van der Waals surface area contributed by atoms with E-state index in [1.165, 1.54) is 18.2 Å². The average Bonchev–Trinajstić information content (AvgIpc) is 2.33. The zero-order chi connectivity index (χ0) is 13.1. The van der Waals surface area contributed by atoms with Crippen LogP contribution in [0, 0.1) is 10.1 Å². The second-order valence-electron chi connectivity index (χ2n) is 3.52. The van der Waals surface area contributed by atoms with Crippen LogP contribution in [0.15, 0.2) is 33.9 Å². The Hall–Kier alpha value is -2.77. The number of para-hydroxylation sites is 1. The molecule has 0 aliphatic rings. The Morgan fingerprint density at radius 2 is 2.00 bits per heavy atom. The first kappa shape index (κ1) is 11.7. The lowest BCUT2D eigenvalue weighted by molar-refractivity contribution is -0.385. The van der Waals surface area contributed by atoms with E-state index in [-0.39, 0.29) is 17.8 Å². The predicted octanol–water partition coefficient (Wildman–Crippen LogP) is -0.0428. The monoisotopic (exact) mass is 248 g/mol. The minimum atomic E-state index is -0.716. The van der Waals surface area contributed by atoms with E-state index in [1.54, 1.807) is 6.07 Å². The van der Waals surface area contributed by atoms with Gasteiger partial charge in [-0.25, -0.2) is 9.89 Å². The summed E-state index contributed by atoms with van der Waals surface area (Å²) in [6.07, 6.45) is -0.0245. The molecule has 0 saturated carbocycles. The van der Waals surface area contributed by atoms with Crippen LogP contribution in [-0.2, 0) is 6.42 Å². The zero-order valence-corrected chi connectivity index (χ0v) is 9.04. The number of hydrogen-bond donors (Lipinski definition) is 2. The Kier molecular flexibility index (Phi) is 3.00. The molecule has 0 saturated heterocycles. The third-order valence-corrected chi connectivity index (χ3v) is 2.33. The van der Waals surface area contributed by atoms with Crippen molar-refractivity contribution in [3.63, 3.8) is 0 Å². The second-order valence-corrected chi connectivity index (χ2v) is 3.52. The van der Waals surface area contributed by atoms with E-state index < -0.39 is 16.2 Å². The maximum absolute atomic E-state index is 11.4. The van der Waals surface area contributed by atoms with Crippen molar-refractivity contribution in [1.29, 1.82) is 0 Å². The number of nitro groups is 1. The van der Waals surface area contributed by atoms with Crippen LogP contribution in [0.25, 0.3) is 0 Å². The Balaban J connectivity index is 2.43. The number of H-pyrrole nitrogens is 2. The SMILES string of the molecule is O=c1[nH]nc(Cc2ccccc2[N+](=O)[O-])c(=O)[nH]1. The summed E-state index contributed by atoms with van der Waals surface area (Å²) in [4.78, 5) is 34.5. The van der Waals surface area contributed by atoms with E-state index in [2.05, 4.69) is 10.2 Å². The highest BCUT2D eigenvalue weighted by Crippen LogP contribution is 2.18. The highest BCUT2D eigenvalue weighted by atomic mass is 16.6. The standard InChI is InChI=1S/C10H8N4O4/c15-9-7(12-13-10(16)11-9)5-6-3-1-2-4-8(6)14(17)18/h1-4H,5H2,(H2,11,13,15,16). The van der Waals surface area contributed by atoms with Crippen LogP contribution in [0.1, 0.15) is 11.3 Å². The molecule has 0 aliphatic heterocycles. The Labute approximate surface area is 99.5 Å². The third kappa shape index (κ3) is 2.32. The van der Waals surface area contributed by atoms with E-state index in [0.29, 0.717) is 5.56 Å². The maximum atomic E-state index is 11.4. The lowest BCUT2D eigenvalue weighted by Crippen LogP contribution is -2.27. The molecule has 2 rings (SSSR count). The van der Waals surface area contributed by atoms with E-state index >= 15 is 0 Å². The molecule has 0 spiro atoms. The molecule has 18 heavy (non-hydrogen) atoms. The molecule has 0 atom stereocenters. The molecule has 0 amide bonds. The highest BCUT2D eigenvalue weighted by Gasteiger charge is 2.14. The quantitative estimate of drug-likeness (QED) is 0.582. The van der Waals surface area contributed by atoms with Crippen molar-refractivity contribution in [2.24, 2.45) is 0 Å². The van der Waals surface area contributed by atoms with Gasteiger partial charge in [-0.05, 0) is 0 Å². The average molecular weight is 248 g/mol. The Bertz CT molecular complexity index is 703. The molecule has 1 heterocycles. The van der Waals surface area contributed by atoms with E-state index in [1.807, 2.05) is 4.98 Å². The number of nitro benzene ring substituents is 1. The van der Waals surface area contributed by atoms with Gasteiger partial charge in [0.2, 0.25) is 0 Å². The third-order valence-electron chi connectivity index (χ3n) is 2.33. The maximum Gasteiger partial charge on any atom is 0.342 e. The highest BCUT2D eigenvalue weighted by molar-refractivity contribution is 5.41. The Morgan fingerprint density at radius 1 is 1.28 bits per heavy atom. The molecular weight excluding hydrogens is 240 g/mol. The fourth-order valence-electron chi connectivity index (χ4n) is 1.51. The summed E-state index contributed by atoms with van der Waals surface area (Å²) < 4.78 is 0. The van der Waals surface area contributed by atoms with Gasteiger partial charge < -0.3 is 0 Å². The van der Waals surface area contributed by atoms with Crippen molar-refractivity contribution in [3.05, 3.63) is 66.5 Å². The fraction of sp³-hybridized carbons (Fsp3) is 0.100. The van der Waals surface area contributed by atoms with E-state index in [9.17, 15) is 19.7 Å². The molecule has 0 unspecified atom stereocenters. The number of aromatic amines is 2. The zero-order valence-electron chi connectivity index (χ0n) is 9.04. The molecule has 0 aliphatic carbocycles. The molecule has 8 heteroatoms. The summed E-state index contributed by atoms with van der Waals surface area (Å²) in [5.74, 6) is 0. The number of nitrogens with one attached hydrogen (secondary N) is 2. The van der Waals surface area contributed by atoms with Crippen LogP contribution in [0.5, 0.6) is 0 Å². The van der Waals surface area contributed by atoms with Crippen LogP contribution < -0.4 is 11.2 Å². The van der Waals surface area contributed by atoms with Gasteiger partial charge in [0.25, 0.3) is 11.2 Å². The lowest BCUT2D eigenvalue weighted by atomic mass is 10.1. The van der Waals surface area contributed by atoms with Crippen LogP contribution in [0.3, 0.4) is 0 Å². The van der Waals surface area contributed by atoms with Crippen LogP contribution >= 0.6 is 0 Å². The van der Waals surface area contributed by atoms with Crippen LogP contribution in [0.4, 0.5) is 5.69 Å². The molecule has 1 aromatic carbocycles. The van der Waals surface area contributed by atoms with Crippen molar-refractivity contribution in [1.82, 2.24) is 15.2 Å². The molecule has 0 radical (unpaired) electrons. The molecule has 92 valence electrons. The number of rotatable bonds is 3. The summed E-state index contributed by atoms with van der Waals surface area (Å²) in [5, 5.41) is 16.4. The van der Waals surface area contributed by atoms with Gasteiger partial charge in [-0.3, -0.25) is 19.9 Å². The smallest absolute Gasteiger partial charge is 0.271 e. The molecule has 0 fully saturated rings. The Morgan fingerprint density at radius 3 is 2.67 bits per heavy atom. The van der Waals surface area contributed by atoms with Crippen molar-refractivity contribution < 1.29 is 4.92 Å². The van der Waals surface area contributed by atoms with Gasteiger partial charge in [-0.15, -0.1) is 0 Å². The molecule has 8 nitrogen and oxygen atoms in total. The summed E-state index contributed by atoms with van der Waals surface area (Å²) in [6.45, 7) is 0. The predicted molar refractivity (Wildman–Crippen MR) is 61.4 cm³/mol. The first-order chi connectivity index (χ1) is 8.58. The van der Waals surface area contributed by atoms with Gasteiger partial charge in [0.05, 0.1) is 4.92 Å². The minimum absolute atomic E-state index is 0.0175. The first-order valence-corrected chi connectivity index (χ1v) is 4.98. The van der Waals surface area contributed by atoms with Crippen molar-refractivity contribution in [3.8, 4) is 0 Å². The second kappa shape index (κ2) is 4.62. The summed E-state index contributed by atoms with van der Waals surface area (Å²) in [5.41, 5.74) is -1.09. The van der Waals surface area contributed by atoms with Crippen LogP contribution in [-0.4, -0.2) is 20.1 Å². The fourth-order valence-corrected chi connectivity index (χ4v) is 1.51. The largest absolute Gasteiger partial charge is 0.342 e. The van der Waals surface area contributed by atoms with Crippen molar-refractivity contribution >= 4 is 5.69 Å². The molecule has 0 bridgehead atoms. The first-order valence-electron chi connectivity index (χ1n) is 4.98. The lowest BCUT2D eigenvalue weighted by Gasteiger charge is -2.00. The number of benzene rings is 1. The summed E-state index contributed by atoms with van der Waals surface area (Å²) >= 11 is 0. The molecular formula is C10H8N4O4. The van der Waals surface area contributed by atoms with Gasteiger partial charge in [0.15, 0.2) is 0 Å². The topological polar surface area (TPSA) is 122 Å². The summed E-state index contributed by atoms with van der Waals surface area (Å²) in [6, 6.07) is 6.04. The van der Waals surface area contributed by atoms with Crippen LogP contribution in [0.2, 0.25) is 0 Å². The van der Waals surface area contributed by atoms with Gasteiger partial charge in [0, 0.05) is 18.1 Å². The molecule has 2 aromatic rings. The number of nitrogens with zero attached hydrogens (tertiary/aromatic N) is 2.